The molecule has 0 fully saturated rings. The lowest BCUT2D eigenvalue weighted by atomic mass is 10.1. The smallest absolute Gasteiger partial charge is 0.337 e. The Kier molecular flexibility index (Phi) is 2.44. The van der Waals surface area contributed by atoms with E-state index in [9.17, 15) is 9.90 Å². The van der Waals surface area contributed by atoms with E-state index in [0.29, 0.717) is 5.56 Å². The summed E-state index contributed by atoms with van der Waals surface area (Å²) in [5, 5.41) is 19.1. The first-order chi connectivity index (χ1) is 7.50. The maximum atomic E-state index is 10.7. The van der Waals surface area contributed by atoms with Crippen molar-refractivity contribution in [2.24, 2.45) is 0 Å². The number of carbonyl (C=O) groups is 1. The maximum Gasteiger partial charge on any atom is 0.337 e. The number of aliphatic hydroxyl groups excluding tert-OH is 1. The minimum atomic E-state index is -1.46. The molecule has 1 aromatic carbocycles. The summed E-state index contributed by atoms with van der Waals surface area (Å²) in [5.41, 5.74) is 3.49. The number of carboxylic acid groups (broad SMARTS) is 1. The molecule has 16 heavy (non-hydrogen) atoms. The first-order valence-electron chi connectivity index (χ1n) is 5.00. The number of carboxylic acids is 1. The van der Waals surface area contributed by atoms with Crippen LogP contribution in [0.5, 0.6) is 0 Å². The Hall–Kier alpha value is -1.81. The van der Waals surface area contributed by atoms with Gasteiger partial charge >= 0.3 is 5.97 Å². The summed E-state index contributed by atoms with van der Waals surface area (Å²) in [6.45, 7) is 3.92. The van der Waals surface area contributed by atoms with Gasteiger partial charge in [0, 0.05) is 16.6 Å². The van der Waals surface area contributed by atoms with E-state index in [2.05, 4.69) is 4.98 Å². The van der Waals surface area contributed by atoms with E-state index >= 15 is 0 Å². The van der Waals surface area contributed by atoms with E-state index in [1.807, 2.05) is 13.8 Å². The van der Waals surface area contributed by atoms with Gasteiger partial charge in [-0.15, -0.1) is 0 Å². The molecular formula is C12H13NO3. The number of hydrogen-bond donors (Lipinski definition) is 3. The zero-order valence-electron chi connectivity index (χ0n) is 9.11. The van der Waals surface area contributed by atoms with Gasteiger partial charge in [0.05, 0.1) is 0 Å². The fourth-order valence-electron chi connectivity index (χ4n) is 1.79. The van der Waals surface area contributed by atoms with Crippen molar-refractivity contribution in [2.45, 2.75) is 20.0 Å². The molecule has 3 N–H and O–H groups in total. The summed E-state index contributed by atoms with van der Waals surface area (Å²) in [4.78, 5) is 13.9. The molecule has 4 nitrogen and oxygen atoms in total. The zero-order valence-corrected chi connectivity index (χ0v) is 9.11. The fourth-order valence-corrected chi connectivity index (χ4v) is 1.79. The van der Waals surface area contributed by atoms with Gasteiger partial charge in [-0.3, -0.25) is 0 Å². The van der Waals surface area contributed by atoms with Crippen molar-refractivity contribution in [3.05, 3.63) is 35.0 Å². The van der Waals surface area contributed by atoms with Gasteiger partial charge in [-0.05, 0) is 37.1 Å². The summed E-state index contributed by atoms with van der Waals surface area (Å²) < 4.78 is 0. The number of rotatable bonds is 2. The molecule has 1 heterocycles. The molecule has 84 valence electrons. The molecule has 4 heteroatoms. The van der Waals surface area contributed by atoms with E-state index in [1.54, 1.807) is 18.2 Å². The van der Waals surface area contributed by atoms with Crippen LogP contribution >= 0.6 is 0 Å². The lowest BCUT2D eigenvalue weighted by Gasteiger charge is -2.05. The second-order valence-corrected chi connectivity index (χ2v) is 3.92. The highest BCUT2D eigenvalue weighted by atomic mass is 16.4. The molecule has 0 saturated heterocycles. The Morgan fingerprint density at radius 2 is 2.06 bits per heavy atom. The van der Waals surface area contributed by atoms with Crippen LogP contribution in [0.25, 0.3) is 10.9 Å². The van der Waals surface area contributed by atoms with Gasteiger partial charge in [-0.2, -0.15) is 0 Å². The number of fused-ring (bicyclic) bond motifs is 1. The summed E-state index contributed by atoms with van der Waals surface area (Å²) in [6.07, 6.45) is -1.46. The standard InChI is InChI=1S/C12H13NO3/c1-6-7(2)13-10-4-3-8(5-9(6)10)11(14)12(15)16/h3-5,11,13-14H,1-2H3,(H,15,16). The molecule has 1 atom stereocenters. The van der Waals surface area contributed by atoms with E-state index in [0.717, 1.165) is 22.2 Å². The second-order valence-electron chi connectivity index (χ2n) is 3.92. The monoisotopic (exact) mass is 219 g/mol. The number of H-pyrrole nitrogens is 1. The van der Waals surface area contributed by atoms with E-state index in [-0.39, 0.29) is 0 Å². The quantitative estimate of drug-likeness (QED) is 0.722. The van der Waals surface area contributed by atoms with Crippen LogP contribution in [-0.2, 0) is 4.79 Å². The van der Waals surface area contributed by atoms with Crippen molar-refractivity contribution in [3.63, 3.8) is 0 Å². The third-order valence-electron chi connectivity index (χ3n) is 2.88. The summed E-state index contributed by atoms with van der Waals surface area (Å²) in [5.74, 6) is -1.23. The highest BCUT2D eigenvalue weighted by Crippen LogP contribution is 2.25. The number of benzene rings is 1. The van der Waals surface area contributed by atoms with Crippen molar-refractivity contribution in [1.29, 1.82) is 0 Å². The van der Waals surface area contributed by atoms with Crippen LogP contribution in [-0.4, -0.2) is 21.2 Å². The first-order valence-corrected chi connectivity index (χ1v) is 5.00. The second kappa shape index (κ2) is 3.64. The normalized spacial score (nSPS) is 12.9. The average Bonchev–Trinajstić information content (AvgIpc) is 2.53. The van der Waals surface area contributed by atoms with E-state index in [1.165, 1.54) is 0 Å². The molecule has 0 bridgehead atoms. The predicted octanol–water partition coefficient (Wildman–Crippen LogP) is 1.90. The molecule has 1 aromatic heterocycles. The molecule has 0 saturated carbocycles. The van der Waals surface area contributed by atoms with E-state index < -0.39 is 12.1 Å². The molecule has 2 aromatic rings. The molecule has 2 rings (SSSR count). The lowest BCUT2D eigenvalue weighted by molar-refractivity contribution is -0.146. The number of aromatic amines is 1. The summed E-state index contributed by atoms with van der Waals surface area (Å²) >= 11 is 0. The van der Waals surface area contributed by atoms with Crippen molar-refractivity contribution in [3.8, 4) is 0 Å². The van der Waals surface area contributed by atoms with Crippen LogP contribution in [0, 0.1) is 13.8 Å². The fraction of sp³-hybridized carbons (Fsp3) is 0.250. The van der Waals surface area contributed by atoms with Gasteiger partial charge in [0.25, 0.3) is 0 Å². The van der Waals surface area contributed by atoms with Gasteiger partial charge in [-0.1, -0.05) is 6.07 Å². The lowest BCUT2D eigenvalue weighted by Crippen LogP contribution is -2.10. The Morgan fingerprint density at radius 3 is 2.69 bits per heavy atom. The van der Waals surface area contributed by atoms with Gasteiger partial charge in [-0.25, -0.2) is 4.79 Å². The van der Waals surface area contributed by atoms with Crippen LogP contribution in [0.15, 0.2) is 18.2 Å². The van der Waals surface area contributed by atoms with Gasteiger partial charge < -0.3 is 15.2 Å². The van der Waals surface area contributed by atoms with E-state index in [4.69, 9.17) is 5.11 Å². The Bertz CT molecular complexity index is 557. The minimum Gasteiger partial charge on any atom is -0.479 e. The predicted molar refractivity (Wildman–Crippen MR) is 60.4 cm³/mol. The molecule has 1 unspecified atom stereocenters. The van der Waals surface area contributed by atoms with Crippen molar-refractivity contribution in [2.75, 3.05) is 0 Å². The molecule has 0 spiro atoms. The molecule has 0 radical (unpaired) electrons. The summed E-state index contributed by atoms with van der Waals surface area (Å²) in [6, 6.07) is 5.13. The van der Waals surface area contributed by atoms with Gasteiger partial charge in [0.15, 0.2) is 6.10 Å². The SMILES string of the molecule is Cc1[nH]c2ccc(C(O)C(=O)O)cc2c1C. The van der Waals surface area contributed by atoms with Crippen molar-refractivity contribution < 1.29 is 15.0 Å². The van der Waals surface area contributed by atoms with Crippen LogP contribution in [0.2, 0.25) is 0 Å². The number of aromatic nitrogens is 1. The molecule has 0 aliphatic rings. The van der Waals surface area contributed by atoms with Crippen molar-refractivity contribution in [1.82, 2.24) is 4.98 Å². The van der Waals surface area contributed by atoms with Crippen LogP contribution < -0.4 is 0 Å². The third-order valence-corrected chi connectivity index (χ3v) is 2.88. The topological polar surface area (TPSA) is 73.3 Å². The highest BCUT2D eigenvalue weighted by Gasteiger charge is 2.16. The number of aliphatic hydroxyl groups is 1. The largest absolute Gasteiger partial charge is 0.479 e. The minimum absolute atomic E-state index is 0.405. The third kappa shape index (κ3) is 1.57. The number of aliphatic carboxylic acids is 1. The molecular weight excluding hydrogens is 206 g/mol. The first kappa shape index (κ1) is 10.7. The van der Waals surface area contributed by atoms with Gasteiger partial charge in [0.1, 0.15) is 0 Å². The van der Waals surface area contributed by atoms with Crippen molar-refractivity contribution >= 4 is 16.9 Å². The molecule has 0 aliphatic carbocycles. The molecule has 0 aliphatic heterocycles. The van der Waals surface area contributed by atoms with Crippen LogP contribution in [0.4, 0.5) is 0 Å². The molecule has 0 amide bonds. The number of hydrogen-bond acceptors (Lipinski definition) is 2. The number of nitrogens with one attached hydrogen (secondary N) is 1. The zero-order chi connectivity index (χ0) is 11.9. The van der Waals surface area contributed by atoms with Crippen LogP contribution in [0.1, 0.15) is 22.9 Å². The highest BCUT2D eigenvalue weighted by molar-refractivity contribution is 5.86. The van der Waals surface area contributed by atoms with Crippen LogP contribution in [0.3, 0.4) is 0 Å². The number of aryl methyl sites for hydroxylation is 2. The average molecular weight is 219 g/mol. The Morgan fingerprint density at radius 1 is 1.38 bits per heavy atom. The van der Waals surface area contributed by atoms with Gasteiger partial charge in [0.2, 0.25) is 0 Å². The summed E-state index contributed by atoms with van der Waals surface area (Å²) in [7, 11) is 0. The Labute approximate surface area is 92.5 Å². The maximum absolute atomic E-state index is 10.7. The Balaban J connectivity index is 2.59.